The highest BCUT2D eigenvalue weighted by Gasteiger charge is 2.43. The molecule has 4 saturated heterocycles. The van der Waals surface area contributed by atoms with E-state index in [0.717, 1.165) is 74.1 Å². The lowest BCUT2D eigenvalue weighted by Gasteiger charge is -2.43. The van der Waals surface area contributed by atoms with Crippen molar-refractivity contribution < 1.29 is 23.2 Å². The van der Waals surface area contributed by atoms with Crippen molar-refractivity contribution >= 4 is 35.3 Å². The van der Waals surface area contributed by atoms with Crippen molar-refractivity contribution in [2.24, 2.45) is 11.8 Å². The van der Waals surface area contributed by atoms with Crippen molar-refractivity contribution in [3.63, 3.8) is 0 Å². The first-order chi connectivity index (χ1) is 31.3. The summed E-state index contributed by atoms with van der Waals surface area (Å²) in [5, 5.41) is 5.31. The van der Waals surface area contributed by atoms with Gasteiger partial charge < -0.3 is 16.0 Å². The van der Waals surface area contributed by atoms with Gasteiger partial charge in [0.2, 0.25) is 11.8 Å². The van der Waals surface area contributed by atoms with E-state index >= 15 is 8.78 Å². The maximum Gasteiger partial charge on any atom is 0.253 e. The highest BCUT2D eigenvalue weighted by molar-refractivity contribution is 6.01. The number of nitrogens with one attached hydrogen (secondary N) is 2. The number of carbonyl (C=O) groups excluding carboxylic acids is 3. The molecule has 13 heteroatoms. The molecule has 65 heavy (non-hydrogen) atoms. The first-order valence-corrected chi connectivity index (χ1v) is 23.6. The van der Waals surface area contributed by atoms with Gasteiger partial charge in [0.05, 0.1) is 0 Å². The maximum atomic E-state index is 16.3. The molecule has 11 nitrogen and oxygen atoms in total. The molecule has 2 aromatic heterocycles. The Balaban J connectivity index is 0.733. The van der Waals surface area contributed by atoms with Crippen LogP contribution >= 0.6 is 0 Å². The third-order valence-electron chi connectivity index (χ3n) is 15.1. The van der Waals surface area contributed by atoms with Crippen molar-refractivity contribution in [3.05, 3.63) is 112 Å². The van der Waals surface area contributed by atoms with Gasteiger partial charge in [-0.1, -0.05) is 31.2 Å². The summed E-state index contributed by atoms with van der Waals surface area (Å²) in [6, 6.07) is 18.6. The lowest BCUT2D eigenvalue weighted by molar-refractivity contribution is -0.133. The van der Waals surface area contributed by atoms with Gasteiger partial charge in [-0.15, -0.1) is 0 Å². The summed E-state index contributed by atoms with van der Waals surface area (Å²) >= 11 is 0. The van der Waals surface area contributed by atoms with Crippen LogP contribution in [0.4, 0.5) is 20.3 Å². The van der Waals surface area contributed by atoms with E-state index in [1.807, 2.05) is 41.6 Å². The molecule has 0 spiro atoms. The molecule has 2 aromatic carbocycles. The molecule has 4 aliphatic heterocycles. The van der Waals surface area contributed by atoms with Crippen molar-refractivity contribution in [1.29, 1.82) is 0 Å². The summed E-state index contributed by atoms with van der Waals surface area (Å²) in [7, 11) is 0. The van der Waals surface area contributed by atoms with Crippen LogP contribution in [0, 0.1) is 17.7 Å². The number of amides is 3. The Morgan fingerprint density at radius 3 is 2.42 bits per heavy atom. The number of likely N-dealkylation sites (tertiary alicyclic amines) is 3. The summed E-state index contributed by atoms with van der Waals surface area (Å²) in [6.07, 6.45) is 12.0. The molecular formula is C52H62F2N8O3. The number of aromatic nitrogens is 2. The van der Waals surface area contributed by atoms with Crippen LogP contribution in [0.25, 0.3) is 17.2 Å². The first kappa shape index (κ1) is 44.7. The minimum atomic E-state index is -1.63. The molecule has 0 radical (unpaired) electrons. The number of fused-ring (bicyclic) bond motifs is 1. The van der Waals surface area contributed by atoms with Gasteiger partial charge in [-0.3, -0.25) is 34.5 Å². The summed E-state index contributed by atoms with van der Waals surface area (Å²) in [4.78, 5) is 53.2. The molecule has 342 valence electrons. The van der Waals surface area contributed by atoms with Crippen LogP contribution in [0.5, 0.6) is 0 Å². The summed E-state index contributed by atoms with van der Waals surface area (Å²) in [5.41, 5.74) is 13.0. The number of piperidine rings is 4. The Hall–Kier alpha value is -5.53. The Labute approximate surface area is 381 Å². The van der Waals surface area contributed by atoms with Gasteiger partial charge in [0.1, 0.15) is 23.3 Å². The number of rotatable bonds is 10. The SMILES string of the molecule is CC1Cc2nccc(-c3ccc(N)nc3)c2C=C1[C@H](C)N1CCC(c2ccc(C(=O)N3CCC(CN4CCC(c5ccc(NC6CCC(=O)NC6=O)cc5F)C(C)(F)C4)CC3)cc2)CC1. The Bertz CT molecular complexity index is 2430. The van der Waals surface area contributed by atoms with E-state index in [9.17, 15) is 14.4 Å². The van der Waals surface area contributed by atoms with Gasteiger partial charge in [-0.2, -0.15) is 0 Å². The summed E-state index contributed by atoms with van der Waals surface area (Å²) in [5.74, 6) is -0.0407. The van der Waals surface area contributed by atoms with Crippen molar-refractivity contribution in [2.45, 2.75) is 102 Å². The van der Waals surface area contributed by atoms with Gasteiger partial charge in [0, 0.05) is 85.0 Å². The fourth-order valence-corrected chi connectivity index (χ4v) is 11.3. The second-order valence-electron chi connectivity index (χ2n) is 19.5. The third-order valence-corrected chi connectivity index (χ3v) is 15.1. The van der Waals surface area contributed by atoms with Crippen LogP contribution in [-0.4, -0.2) is 106 Å². The Morgan fingerprint density at radius 2 is 1.72 bits per heavy atom. The first-order valence-electron chi connectivity index (χ1n) is 23.6. The van der Waals surface area contributed by atoms with E-state index in [1.165, 1.54) is 22.8 Å². The van der Waals surface area contributed by atoms with Gasteiger partial charge >= 0.3 is 0 Å². The third kappa shape index (κ3) is 9.72. The van der Waals surface area contributed by atoms with Gasteiger partial charge in [-0.25, -0.2) is 13.8 Å². The Kier molecular flexibility index (Phi) is 12.9. The molecule has 3 amide bonds. The second-order valence-corrected chi connectivity index (χ2v) is 19.5. The average molecular weight is 885 g/mol. The number of hydrogen-bond acceptors (Lipinski definition) is 9. The number of nitrogen functional groups attached to an aromatic ring is 1. The Morgan fingerprint density at radius 1 is 0.954 bits per heavy atom. The number of imide groups is 1. The molecule has 1 aliphatic carbocycles. The average Bonchev–Trinajstić information content (AvgIpc) is 3.30. The van der Waals surface area contributed by atoms with Crippen molar-refractivity contribution in [1.82, 2.24) is 30.0 Å². The number of hydrogen-bond donors (Lipinski definition) is 3. The second kappa shape index (κ2) is 18.8. The van der Waals surface area contributed by atoms with Gasteiger partial charge in [0.25, 0.3) is 5.91 Å². The number of alkyl halides is 1. The van der Waals surface area contributed by atoms with Crippen LogP contribution < -0.4 is 16.4 Å². The van der Waals surface area contributed by atoms with Gasteiger partial charge in [0.15, 0.2) is 0 Å². The van der Waals surface area contributed by atoms with E-state index in [2.05, 4.69) is 63.5 Å². The topological polar surface area (TPSA) is 137 Å². The zero-order valence-corrected chi connectivity index (χ0v) is 37.9. The number of nitrogens with zero attached hydrogens (tertiary/aromatic N) is 5. The van der Waals surface area contributed by atoms with Crippen LogP contribution in [-0.2, 0) is 16.0 Å². The van der Waals surface area contributed by atoms with Crippen LogP contribution in [0.2, 0.25) is 0 Å². The molecule has 5 aliphatic rings. The van der Waals surface area contributed by atoms with Crippen molar-refractivity contribution in [2.75, 3.05) is 56.9 Å². The highest BCUT2D eigenvalue weighted by atomic mass is 19.1. The fourth-order valence-electron chi connectivity index (χ4n) is 11.3. The molecule has 0 saturated carbocycles. The number of halogens is 2. The number of anilines is 2. The molecule has 4 aromatic rings. The number of benzene rings is 2. The smallest absolute Gasteiger partial charge is 0.253 e. The van der Waals surface area contributed by atoms with E-state index in [4.69, 9.17) is 10.7 Å². The quantitative estimate of drug-likeness (QED) is 0.136. The van der Waals surface area contributed by atoms with E-state index < -0.39 is 29.4 Å². The molecule has 4 fully saturated rings. The van der Waals surface area contributed by atoms with Crippen LogP contribution in [0.3, 0.4) is 0 Å². The lowest BCUT2D eigenvalue weighted by atomic mass is 9.78. The molecule has 0 bridgehead atoms. The summed E-state index contributed by atoms with van der Waals surface area (Å²) < 4.78 is 31.8. The van der Waals surface area contributed by atoms with Gasteiger partial charge in [-0.05, 0) is 161 Å². The lowest BCUT2D eigenvalue weighted by Crippen LogP contribution is -2.50. The molecule has 6 heterocycles. The zero-order chi connectivity index (χ0) is 45.4. The zero-order valence-electron chi connectivity index (χ0n) is 37.9. The molecule has 9 rings (SSSR count). The largest absolute Gasteiger partial charge is 0.384 e. The summed E-state index contributed by atoms with van der Waals surface area (Å²) in [6.45, 7) is 11.2. The number of carbonyl (C=O) groups is 3. The predicted molar refractivity (Wildman–Crippen MR) is 250 cm³/mol. The minimum Gasteiger partial charge on any atom is -0.384 e. The van der Waals surface area contributed by atoms with Crippen molar-refractivity contribution in [3.8, 4) is 11.1 Å². The number of nitrogens with two attached hydrogens (primary N) is 1. The van der Waals surface area contributed by atoms with Crippen LogP contribution in [0.1, 0.15) is 110 Å². The standard InChI is InChI=1S/C52H62F2N8O3/c1-32-26-47-43(40(14-20-56-47)38-8-12-48(55)57-29-38)28-42(32)33(2)61-24-17-36(18-25-61)35-4-6-37(7-5-35)51(65)62-22-15-34(16-23-62)30-60-21-19-44(52(3,54)31-60)41-10-9-39(27-45(41)53)58-46-11-13-49(63)59-50(46)64/h4-10,12,14,20,27-29,32-34,36,44,46,58H,11,13,15-19,21-26,30-31H2,1-3H3,(H2,55,57)(H,59,63,64)/t32?,33-,44?,46?,52?/m0/s1. The van der Waals surface area contributed by atoms with E-state index in [1.54, 1.807) is 19.1 Å². The minimum absolute atomic E-state index is 0.0682. The predicted octanol–water partition coefficient (Wildman–Crippen LogP) is 8.00. The van der Waals surface area contributed by atoms with Crippen LogP contribution in [0.15, 0.2) is 78.6 Å². The molecule has 4 N–H and O–H groups in total. The monoisotopic (exact) mass is 884 g/mol. The molecule has 5 atom stereocenters. The maximum absolute atomic E-state index is 16.3. The normalized spacial score (nSPS) is 25.4. The highest BCUT2D eigenvalue weighted by Crippen LogP contribution is 2.42. The van der Waals surface area contributed by atoms with E-state index in [0.29, 0.717) is 73.3 Å². The number of pyridine rings is 2. The van der Waals surface area contributed by atoms with E-state index in [-0.39, 0.29) is 24.8 Å². The fraction of sp³-hybridized carbons (Fsp3) is 0.481. The molecule has 4 unspecified atom stereocenters. The molecular weight excluding hydrogens is 823 g/mol.